The van der Waals surface area contributed by atoms with Gasteiger partial charge in [0, 0.05) is 36.4 Å². The number of carbonyl (C=O) groups excluding carboxylic acids is 3. The molecule has 0 saturated carbocycles. The molecule has 140 valence electrons. The smallest absolute Gasteiger partial charge is 0.239 e. The van der Waals surface area contributed by atoms with E-state index in [4.69, 9.17) is 0 Å². The first kappa shape index (κ1) is 18.8. The molecule has 2 heterocycles. The quantitative estimate of drug-likeness (QED) is 0.736. The average molecular weight is 375 g/mol. The number of carbonyl (C=O) groups is 3. The molecule has 0 aromatic heterocycles. The van der Waals surface area contributed by atoms with E-state index in [1.807, 2.05) is 6.26 Å². The van der Waals surface area contributed by atoms with Crippen molar-refractivity contribution in [2.45, 2.75) is 42.5 Å². The minimum Gasteiger partial charge on any atom is -0.353 e. The molecule has 3 rings (SSSR count). The summed E-state index contributed by atoms with van der Waals surface area (Å²) in [6, 6.07) is 8.35. The van der Waals surface area contributed by atoms with Crippen LogP contribution in [0.5, 0.6) is 0 Å². The molecule has 1 aromatic carbocycles. The van der Waals surface area contributed by atoms with Gasteiger partial charge in [-0.05, 0) is 43.2 Å². The maximum atomic E-state index is 12.5. The van der Waals surface area contributed by atoms with E-state index in [2.05, 4.69) is 34.9 Å². The van der Waals surface area contributed by atoms with Crippen LogP contribution in [0.3, 0.4) is 0 Å². The molecule has 2 aliphatic rings. The summed E-state index contributed by atoms with van der Waals surface area (Å²) in [6.45, 7) is 1.20. The third-order valence-electron chi connectivity index (χ3n) is 5.15. The summed E-state index contributed by atoms with van der Waals surface area (Å²) in [6.07, 6.45) is 4.95. The van der Waals surface area contributed by atoms with Crippen LogP contribution in [0, 0.1) is 0 Å². The van der Waals surface area contributed by atoms with Crippen molar-refractivity contribution >= 4 is 29.5 Å². The highest BCUT2D eigenvalue weighted by atomic mass is 32.2. The molecular weight excluding hydrogens is 350 g/mol. The molecule has 2 saturated heterocycles. The van der Waals surface area contributed by atoms with Gasteiger partial charge in [-0.3, -0.25) is 14.4 Å². The zero-order chi connectivity index (χ0) is 18.6. The Morgan fingerprint density at radius 1 is 1.23 bits per heavy atom. The number of nitrogens with zero attached hydrogens (tertiary/aromatic N) is 1. The Morgan fingerprint density at radius 3 is 2.62 bits per heavy atom. The van der Waals surface area contributed by atoms with Gasteiger partial charge in [-0.2, -0.15) is 0 Å². The summed E-state index contributed by atoms with van der Waals surface area (Å²) < 4.78 is 0. The predicted octanol–water partition coefficient (Wildman–Crippen LogP) is 1.34. The number of benzene rings is 1. The lowest BCUT2D eigenvalue weighted by atomic mass is 9.85. The first-order valence-corrected chi connectivity index (χ1v) is 10.2. The second-order valence-electron chi connectivity index (χ2n) is 7.02. The number of piperazine rings is 1. The highest BCUT2D eigenvalue weighted by Crippen LogP contribution is 2.30. The number of rotatable bonds is 6. The van der Waals surface area contributed by atoms with E-state index >= 15 is 0 Å². The lowest BCUT2D eigenvalue weighted by molar-refractivity contribution is -0.138. The Balaban J connectivity index is 1.64. The van der Waals surface area contributed by atoms with Crippen molar-refractivity contribution in [3.05, 3.63) is 29.8 Å². The van der Waals surface area contributed by atoms with Crippen LogP contribution in [0.4, 0.5) is 0 Å². The van der Waals surface area contributed by atoms with E-state index in [0.29, 0.717) is 32.4 Å². The van der Waals surface area contributed by atoms with E-state index < -0.39 is 0 Å². The Labute approximate surface area is 158 Å². The van der Waals surface area contributed by atoms with Gasteiger partial charge in [0.15, 0.2) is 0 Å². The van der Waals surface area contributed by atoms with Gasteiger partial charge in [0.1, 0.15) is 0 Å². The lowest BCUT2D eigenvalue weighted by Crippen LogP contribution is -2.51. The summed E-state index contributed by atoms with van der Waals surface area (Å²) >= 11 is 1.70. The van der Waals surface area contributed by atoms with Crippen molar-refractivity contribution < 1.29 is 14.4 Å². The predicted molar refractivity (Wildman–Crippen MR) is 101 cm³/mol. The highest BCUT2D eigenvalue weighted by Gasteiger charge is 2.38. The lowest BCUT2D eigenvalue weighted by Gasteiger charge is -2.31. The first-order valence-electron chi connectivity index (χ1n) is 8.98. The molecule has 0 radical (unpaired) electrons. The largest absolute Gasteiger partial charge is 0.353 e. The first-order chi connectivity index (χ1) is 12.5. The topological polar surface area (TPSA) is 78.5 Å². The van der Waals surface area contributed by atoms with Crippen molar-refractivity contribution in [3.8, 4) is 0 Å². The Hall–Kier alpha value is -2.02. The summed E-state index contributed by atoms with van der Waals surface area (Å²) in [7, 11) is 0. The van der Waals surface area contributed by atoms with Gasteiger partial charge in [0.2, 0.25) is 17.7 Å². The van der Waals surface area contributed by atoms with Crippen molar-refractivity contribution in [1.29, 1.82) is 0 Å². The fourth-order valence-electron chi connectivity index (χ4n) is 3.67. The SMILES string of the molecule is CSc1ccc(CC2(CCC(=O)N3CCNC(=O)C3)CCC(=O)N2)cc1. The number of hydrogen-bond acceptors (Lipinski definition) is 4. The van der Waals surface area contributed by atoms with Gasteiger partial charge in [0.25, 0.3) is 0 Å². The van der Waals surface area contributed by atoms with Crippen LogP contribution in [0.1, 0.15) is 31.2 Å². The Bertz CT molecular complexity index is 692. The van der Waals surface area contributed by atoms with E-state index in [0.717, 1.165) is 18.4 Å². The molecule has 2 N–H and O–H groups in total. The Kier molecular flexibility index (Phi) is 5.86. The van der Waals surface area contributed by atoms with Crippen molar-refractivity contribution in [1.82, 2.24) is 15.5 Å². The van der Waals surface area contributed by atoms with Gasteiger partial charge < -0.3 is 15.5 Å². The molecule has 1 unspecified atom stereocenters. The average Bonchev–Trinajstić information content (AvgIpc) is 3.01. The summed E-state index contributed by atoms with van der Waals surface area (Å²) in [5.41, 5.74) is 0.792. The third-order valence-corrected chi connectivity index (χ3v) is 5.89. The van der Waals surface area contributed by atoms with Gasteiger partial charge in [-0.15, -0.1) is 11.8 Å². The molecule has 0 bridgehead atoms. The molecule has 3 amide bonds. The summed E-state index contributed by atoms with van der Waals surface area (Å²) in [5, 5.41) is 5.85. The molecule has 6 nitrogen and oxygen atoms in total. The third kappa shape index (κ3) is 4.58. The number of hydrogen-bond donors (Lipinski definition) is 2. The fraction of sp³-hybridized carbons (Fsp3) is 0.526. The van der Waals surface area contributed by atoms with Crippen LogP contribution in [0.25, 0.3) is 0 Å². The van der Waals surface area contributed by atoms with E-state index in [-0.39, 0.29) is 29.8 Å². The van der Waals surface area contributed by atoms with Gasteiger partial charge in [-0.1, -0.05) is 12.1 Å². The van der Waals surface area contributed by atoms with Crippen LogP contribution in [0.2, 0.25) is 0 Å². The van der Waals surface area contributed by atoms with E-state index in [9.17, 15) is 14.4 Å². The van der Waals surface area contributed by atoms with Crippen LogP contribution >= 0.6 is 11.8 Å². The molecular formula is C19H25N3O3S. The molecule has 1 atom stereocenters. The number of nitrogens with one attached hydrogen (secondary N) is 2. The summed E-state index contributed by atoms with van der Waals surface area (Å²) in [4.78, 5) is 38.7. The zero-order valence-electron chi connectivity index (χ0n) is 15.0. The molecule has 2 aliphatic heterocycles. The molecule has 7 heteroatoms. The second kappa shape index (κ2) is 8.12. The highest BCUT2D eigenvalue weighted by molar-refractivity contribution is 7.98. The normalized spacial score (nSPS) is 22.9. The second-order valence-corrected chi connectivity index (χ2v) is 7.90. The minimum absolute atomic E-state index is 0.0156. The Morgan fingerprint density at radius 2 is 2.00 bits per heavy atom. The standard InChI is InChI=1S/C19H25N3O3S/c1-26-15-4-2-14(3-5-15)12-19(8-6-16(23)21-19)9-7-18(25)22-11-10-20-17(24)13-22/h2-5H,6-13H2,1H3,(H,20,24)(H,21,23). The van der Waals surface area contributed by atoms with Gasteiger partial charge in [-0.25, -0.2) is 0 Å². The van der Waals surface area contributed by atoms with Crippen LogP contribution in [-0.2, 0) is 20.8 Å². The molecule has 1 aromatic rings. The molecule has 26 heavy (non-hydrogen) atoms. The monoisotopic (exact) mass is 375 g/mol. The summed E-state index contributed by atoms with van der Waals surface area (Å²) in [5.74, 6) is -0.0731. The molecule has 2 fully saturated rings. The molecule has 0 spiro atoms. The number of amides is 3. The van der Waals surface area contributed by atoms with Crippen molar-refractivity contribution in [2.75, 3.05) is 25.9 Å². The fourth-order valence-corrected chi connectivity index (χ4v) is 4.08. The van der Waals surface area contributed by atoms with E-state index in [1.165, 1.54) is 4.90 Å². The van der Waals surface area contributed by atoms with Crippen LogP contribution < -0.4 is 10.6 Å². The maximum Gasteiger partial charge on any atom is 0.239 e. The van der Waals surface area contributed by atoms with Crippen molar-refractivity contribution in [2.24, 2.45) is 0 Å². The van der Waals surface area contributed by atoms with Crippen LogP contribution in [0.15, 0.2) is 29.2 Å². The zero-order valence-corrected chi connectivity index (χ0v) is 15.9. The molecule has 0 aliphatic carbocycles. The maximum absolute atomic E-state index is 12.5. The van der Waals surface area contributed by atoms with Crippen LogP contribution in [-0.4, -0.2) is 54.1 Å². The van der Waals surface area contributed by atoms with Gasteiger partial charge in [0.05, 0.1) is 6.54 Å². The van der Waals surface area contributed by atoms with E-state index in [1.54, 1.807) is 16.7 Å². The van der Waals surface area contributed by atoms with Gasteiger partial charge >= 0.3 is 0 Å². The minimum atomic E-state index is -0.369. The number of thioether (sulfide) groups is 1. The van der Waals surface area contributed by atoms with Crippen molar-refractivity contribution in [3.63, 3.8) is 0 Å².